The first-order chi connectivity index (χ1) is 10.4. The van der Waals surface area contributed by atoms with Crippen LogP contribution >= 0.6 is 0 Å². The molecular weight excluding hydrogens is 280 g/mol. The fourth-order valence-corrected chi connectivity index (χ4v) is 2.58. The molecule has 1 unspecified atom stereocenters. The number of carbonyl (C=O) groups excluding carboxylic acids is 1. The van der Waals surface area contributed by atoms with Crippen LogP contribution in [0.5, 0.6) is 5.75 Å². The fourth-order valence-electron chi connectivity index (χ4n) is 2.58. The van der Waals surface area contributed by atoms with E-state index in [1.54, 1.807) is 7.11 Å². The number of amides is 1. The first-order valence-corrected chi connectivity index (χ1v) is 7.73. The van der Waals surface area contributed by atoms with Crippen LogP contribution in [0.3, 0.4) is 0 Å². The van der Waals surface area contributed by atoms with Gasteiger partial charge in [-0.05, 0) is 45.2 Å². The number of hydrogen-bond acceptors (Lipinski definition) is 4. The number of hydrogen-bond donors (Lipinski definition) is 1. The summed E-state index contributed by atoms with van der Waals surface area (Å²) in [6, 6.07) is 8.08. The van der Waals surface area contributed by atoms with Gasteiger partial charge in [-0.25, -0.2) is 4.79 Å². The number of nitrogens with zero attached hydrogens (tertiary/aromatic N) is 1. The van der Waals surface area contributed by atoms with Crippen molar-refractivity contribution >= 4 is 11.8 Å². The lowest BCUT2D eigenvalue weighted by Crippen LogP contribution is -2.36. The second-order valence-electron chi connectivity index (χ2n) is 6.68. The lowest BCUT2D eigenvalue weighted by atomic mass is 10.1. The number of carbonyl (C=O) groups is 1. The molecule has 0 aromatic heterocycles. The second kappa shape index (κ2) is 6.90. The largest absolute Gasteiger partial charge is 0.497 e. The fraction of sp³-hybridized carbons (Fsp3) is 0.588. The molecule has 0 radical (unpaired) electrons. The van der Waals surface area contributed by atoms with E-state index in [1.807, 2.05) is 39.0 Å². The Labute approximate surface area is 132 Å². The molecule has 122 valence electrons. The van der Waals surface area contributed by atoms with E-state index in [4.69, 9.17) is 9.47 Å². The molecule has 22 heavy (non-hydrogen) atoms. The molecule has 0 saturated carbocycles. The third-order valence-electron chi connectivity index (χ3n) is 3.64. The van der Waals surface area contributed by atoms with E-state index in [9.17, 15) is 4.79 Å². The first kappa shape index (κ1) is 16.5. The zero-order valence-corrected chi connectivity index (χ0v) is 13.9. The maximum Gasteiger partial charge on any atom is 0.407 e. The summed E-state index contributed by atoms with van der Waals surface area (Å²) in [6.45, 7) is 8.18. The van der Waals surface area contributed by atoms with Gasteiger partial charge in [0.05, 0.1) is 7.11 Å². The van der Waals surface area contributed by atoms with E-state index in [1.165, 1.54) is 5.69 Å². The van der Waals surface area contributed by atoms with Crippen molar-refractivity contribution in [3.63, 3.8) is 0 Å². The summed E-state index contributed by atoms with van der Waals surface area (Å²) >= 11 is 0. The van der Waals surface area contributed by atoms with Crippen LogP contribution in [0.1, 0.15) is 27.2 Å². The molecule has 1 aromatic rings. The van der Waals surface area contributed by atoms with Crippen LogP contribution in [-0.2, 0) is 4.74 Å². The summed E-state index contributed by atoms with van der Waals surface area (Å²) in [4.78, 5) is 14.0. The molecule has 0 spiro atoms. The van der Waals surface area contributed by atoms with Crippen LogP contribution in [0.25, 0.3) is 0 Å². The summed E-state index contributed by atoms with van der Waals surface area (Å²) in [5.41, 5.74) is 0.714. The minimum atomic E-state index is -0.452. The molecule has 2 rings (SSSR count). The number of anilines is 1. The summed E-state index contributed by atoms with van der Waals surface area (Å²) in [5, 5.41) is 2.86. The third-order valence-corrected chi connectivity index (χ3v) is 3.64. The topological polar surface area (TPSA) is 50.8 Å². The maximum absolute atomic E-state index is 11.7. The summed E-state index contributed by atoms with van der Waals surface area (Å²) in [7, 11) is 1.68. The van der Waals surface area contributed by atoms with Crippen molar-refractivity contribution in [3.05, 3.63) is 24.3 Å². The Balaban J connectivity index is 1.81. The predicted molar refractivity (Wildman–Crippen MR) is 87.6 cm³/mol. The summed E-state index contributed by atoms with van der Waals surface area (Å²) in [5.74, 6) is 1.31. The molecule has 5 heteroatoms. The van der Waals surface area contributed by atoms with Gasteiger partial charge in [-0.1, -0.05) is 6.07 Å². The van der Waals surface area contributed by atoms with E-state index >= 15 is 0 Å². The third kappa shape index (κ3) is 4.83. The van der Waals surface area contributed by atoms with Crippen molar-refractivity contribution in [1.82, 2.24) is 5.32 Å². The SMILES string of the molecule is COc1cccc(N2CCC(CNC(=O)OC(C)(C)C)C2)c1. The molecule has 0 bridgehead atoms. The Bertz CT molecular complexity index is 511. The van der Waals surface area contributed by atoms with Gasteiger partial charge >= 0.3 is 6.09 Å². The summed E-state index contributed by atoms with van der Waals surface area (Å²) < 4.78 is 10.5. The van der Waals surface area contributed by atoms with Crippen molar-refractivity contribution < 1.29 is 14.3 Å². The molecule has 1 N–H and O–H groups in total. The van der Waals surface area contributed by atoms with Gasteiger partial charge in [0.1, 0.15) is 11.4 Å². The smallest absolute Gasteiger partial charge is 0.407 e. The van der Waals surface area contributed by atoms with Crippen LogP contribution in [0.4, 0.5) is 10.5 Å². The van der Waals surface area contributed by atoms with Crippen molar-refractivity contribution in [2.45, 2.75) is 32.8 Å². The molecule has 1 aliphatic heterocycles. The highest BCUT2D eigenvalue weighted by molar-refractivity contribution is 5.67. The van der Waals surface area contributed by atoms with E-state index in [0.717, 1.165) is 25.3 Å². The lowest BCUT2D eigenvalue weighted by Gasteiger charge is -2.21. The van der Waals surface area contributed by atoms with Gasteiger partial charge in [-0.15, -0.1) is 0 Å². The molecule has 1 heterocycles. The average molecular weight is 306 g/mol. The zero-order chi connectivity index (χ0) is 16.2. The molecule has 1 atom stereocenters. The molecular formula is C17H26N2O3. The molecule has 1 saturated heterocycles. The van der Waals surface area contributed by atoms with Gasteiger partial charge in [0.15, 0.2) is 0 Å². The quantitative estimate of drug-likeness (QED) is 0.929. The van der Waals surface area contributed by atoms with Gasteiger partial charge < -0.3 is 19.7 Å². The van der Waals surface area contributed by atoms with Crippen LogP contribution < -0.4 is 15.0 Å². The standard InChI is InChI=1S/C17H26N2O3/c1-17(2,3)22-16(20)18-11-13-8-9-19(12-13)14-6-5-7-15(10-14)21-4/h5-7,10,13H,8-9,11-12H2,1-4H3,(H,18,20). The maximum atomic E-state index is 11.7. The number of alkyl carbamates (subject to hydrolysis) is 1. The van der Waals surface area contributed by atoms with Gasteiger partial charge in [0.2, 0.25) is 0 Å². The Morgan fingerprint density at radius 2 is 2.18 bits per heavy atom. The highest BCUT2D eigenvalue weighted by atomic mass is 16.6. The predicted octanol–water partition coefficient (Wildman–Crippen LogP) is 3.05. The van der Waals surface area contributed by atoms with E-state index < -0.39 is 5.60 Å². The molecule has 0 aliphatic carbocycles. The monoisotopic (exact) mass is 306 g/mol. The van der Waals surface area contributed by atoms with E-state index in [2.05, 4.69) is 16.3 Å². The minimum absolute atomic E-state index is 0.340. The second-order valence-corrected chi connectivity index (χ2v) is 6.68. The Morgan fingerprint density at radius 1 is 1.41 bits per heavy atom. The Kier molecular flexibility index (Phi) is 5.16. The van der Waals surface area contributed by atoms with Gasteiger partial charge in [0, 0.05) is 31.4 Å². The van der Waals surface area contributed by atoms with E-state index in [-0.39, 0.29) is 6.09 Å². The average Bonchev–Trinajstić information content (AvgIpc) is 2.92. The molecule has 5 nitrogen and oxygen atoms in total. The van der Waals surface area contributed by atoms with Crippen LogP contribution in [-0.4, -0.2) is 38.4 Å². The molecule has 1 amide bonds. The number of rotatable bonds is 4. The number of ether oxygens (including phenoxy) is 2. The van der Waals surface area contributed by atoms with Crippen molar-refractivity contribution in [1.29, 1.82) is 0 Å². The highest BCUT2D eigenvalue weighted by Gasteiger charge is 2.24. The van der Waals surface area contributed by atoms with Gasteiger partial charge in [-0.3, -0.25) is 0 Å². The van der Waals surface area contributed by atoms with Crippen molar-refractivity contribution in [2.24, 2.45) is 5.92 Å². The number of methoxy groups -OCH3 is 1. The molecule has 1 aromatic carbocycles. The number of nitrogens with one attached hydrogen (secondary N) is 1. The van der Waals surface area contributed by atoms with Crippen molar-refractivity contribution in [3.8, 4) is 5.75 Å². The molecule has 1 fully saturated rings. The normalized spacial score (nSPS) is 18.2. The van der Waals surface area contributed by atoms with Gasteiger partial charge in [-0.2, -0.15) is 0 Å². The van der Waals surface area contributed by atoms with E-state index in [0.29, 0.717) is 12.5 Å². The van der Waals surface area contributed by atoms with Gasteiger partial charge in [0.25, 0.3) is 0 Å². The highest BCUT2D eigenvalue weighted by Crippen LogP contribution is 2.26. The molecule has 1 aliphatic rings. The van der Waals surface area contributed by atoms with Crippen LogP contribution in [0, 0.1) is 5.92 Å². The zero-order valence-electron chi connectivity index (χ0n) is 13.9. The Hall–Kier alpha value is -1.91. The summed E-state index contributed by atoms with van der Waals surface area (Å²) in [6.07, 6.45) is 0.722. The Morgan fingerprint density at radius 3 is 2.86 bits per heavy atom. The van der Waals surface area contributed by atoms with Crippen LogP contribution in [0.15, 0.2) is 24.3 Å². The lowest BCUT2D eigenvalue weighted by molar-refractivity contribution is 0.0520. The van der Waals surface area contributed by atoms with Crippen LogP contribution in [0.2, 0.25) is 0 Å². The first-order valence-electron chi connectivity index (χ1n) is 7.73. The minimum Gasteiger partial charge on any atom is -0.497 e. The van der Waals surface area contributed by atoms with Crippen molar-refractivity contribution in [2.75, 3.05) is 31.6 Å². The number of benzene rings is 1.